The topological polar surface area (TPSA) is 62.3 Å². The summed E-state index contributed by atoms with van der Waals surface area (Å²) < 4.78 is 0.923. The molecule has 3 aromatic rings. The van der Waals surface area contributed by atoms with Crippen LogP contribution in [0.4, 0.5) is 10.8 Å². The molecular formula is C20H16BrN3O2S. The van der Waals surface area contributed by atoms with Crippen LogP contribution < -0.4 is 10.2 Å². The number of halogens is 1. The van der Waals surface area contributed by atoms with Crippen molar-refractivity contribution in [1.82, 2.24) is 4.98 Å². The van der Waals surface area contributed by atoms with Gasteiger partial charge in [-0.05, 0) is 42.3 Å². The highest BCUT2D eigenvalue weighted by molar-refractivity contribution is 9.10. The predicted octanol–water partition coefficient (Wildman–Crippen LogP) is 4.73. The maximum atomic E-state index is 12.3. The van der Waals surface area contributed by atoms with E-state index in [9.17, 15) is 9.59 Å². The highest BCUT2D eigenvalue weighted by atomic mass is 79.9. The summed E-state index contributed by atoms with van der Waals surface area (Å²) in [6, 6.07) is 13.2. The van der Waals surface area contributed by atoms with Crippen molar-refractivity contribution in [3.63, 3.8) is 0 Å². The van der Waals surface area contributed by atoms with E-state index >= 15 is 0 Å². The molecule has 0 aliphatic carbocycles. The van der Waals surface area contributed by atoms with Gasteiger partial charge in [0.25, 0.3) is 5.91 Å². The number of amides is 2. The standard InChI is InChI=1S/C20H16BrN3O2S/c1-12(25)24-9-8-13-2-3-15(10-18(13)24)17-11-27-20(22-17)23-19(26)14-4-6-16(21)7-5-14/h2-7,10-11H,8-9H2,1H3,(H,22,23,26). The number of nitrogens with zero attached hydrogens (tertiary/aromatic N) is 2. The van der Waals surface area contributed by atoms with Crippen LogP contribution in [0.1, 0.15) is 22.8 Å². The molecule has 0 saturated carbocycles. The first-order valence-corrected chi connectivity index (χ1v) is 10.1. The summed E-state index contributed by atoms with van der Waals surface area (Å²) in [6.07, 6.45) is 0.876. The van der Waals surface area contributed by atoms with Crippen LogP contribution >= 0.6 is 27.3 Å². The van der Waals surface area contributed by atoms with E-state index in [1.54, 1.807) is 24.0 Å². The molecule has 0 spiro atoms. The number of nitrogens with one attached hydrogen (secondary N) is 1. The van der Waals surface area contributed by atoms with Gasteiger partial charge in [-0.2, -0.15) is 0 Å². The summed E-state index contributed by atoms with van der Waals surface area (Å²) in [6.45, 7) is 2.31. The van der Waals surface area contributed by atoms with E-state index in [-0.39, 0.29) is 11.8 Å². The SMILES string of the molecule is CC(=O)N1CCc2ccc(-c3csc(NC(=O)c4ccc(Br)cc4)n3)cc21. The van der Waals surface area contributed by atoms with E-state index in [1.165, 1.54) is 16.9 Å². The second-order valence-corrected chi connectivity index (χ2v) is 8.04. The first kappa shape index (κ1) is 17.9. The molecule has 0 fully saturated rings. The number of aromatic nitrogens is 1. The molecule has 1 aromatic heterocycles. The Labute approximate surface area is 169 Å². The summed E-state index contributed by atoms with van der Waals surface area (Å²) in [5.74, 6) is -0.147. The van der Waals surface area contributed by atoms with E-state index < -0.39 is 0 Å². The molecule has 2 amide bonds. The minimum Gasteiger partial charge on any atom is -0.312 e. The smallest absolute Gasteiger partial charge is 0.257 e. The third kappa shape index (κ3) is 3.65. The number of hydrogen-bond donors (Lipinski definition) is 1. The van der Waals surface area contributed by atoms with Crippen molar-refractivity contribution < 1.29 is 9.59 Å². The Kier molecular flexibility index (Phi) is 4.80. The van der Waals surface area contributed by atoms with Crippen LogP contribution in [0.5, 0.6) is 0 Å². The fourth-order valence-electron chi connectivity index (χ4n) is 3.10. The van der Waals surface area contributed by atoms with E-state index in [1.807, 2.05) is 35.7 Å². The highest BCUT2D eigenvalue weighted by Gasteiger charge is 2.23. The molecule has 1 N–H and O–H groups in total. The Bertz CT molecular complexity index is 1030. The van der Waals surface area contributed by atoms with E-state index in [2.05, 4.69) is 26.2 Å². The van der Waals surface area contributed by atoms with Crippen molar-refractivity contribution in [3.8, 4) is 11.3 Å². The van der Waals surface area contributed by atoms with Gasteiger partial charge in [0.15, 0.2) is 5.13 Å². The lowest BCUT2D eigenvalue weighted by molar-refractivity contribution is -0.116. The Morgan fingerprint density at radius 2 is 1.96 bits per heavy atom. The van der Waals surface area contributed by atoms with Gasteiger partial charge in [0.2, 0.25) is 5.91 Å². The maximum absolute atomic E-state index is 12.3. The van der Waals surface area contributed by atoms with Crippen LogP contribution in [0.3, 0.4) is 0 Å². The average Bonchev–Trinajstić information content (AvgIpc) is 3.28. The zero-order valence-corrected chi connectivity index (χ0v) is 16.9. The summed E-state index contributed by atoms with van der Waals surface area (Å²) in [4.78, 5) is 30.5. The normalized spacial score (nSPS) is 12.7. The molecular weight excluding hydrogens is 426 g/mol. The second kappa shape index (κ2) is 7.25. The van der Waals surface area contributed by atoms with Crippen molar-refractivity contribution in [2.24, 2.45) is 0 Å². The van der Waals surface area contributed by atoms with Crippen molar-refractivity contribution in [2.45, 2.75) is 13.3 Å². The lowest BCUT2D eigenvalue weighted by Gasteiger charge is -2.15. The van der Waals surface area contributed by atoms with Gasteiger partial charge >= 0.3 is 0 Å². The molecule has 0 radical (unpaired) electrons. The van der Waals surface area contributed by atoms with Crippen LogP contribution in [-0.2, 0) is 11.2 Å². The van der Waals surface area contributed by atoms with E-state index in [0.29, 0.717) is 10.7 Å². The largest absolute Gasteiger partial charge is 0.312 e. The second-order valence-electron chi connectivity index (χ2n) is 6.26. The van der Waals surface area contributed by atoms with Crippen molar-refractivity contribution >= 4 is 49.9 Å². The molecule has 136 valence electrons. The Morgan fingerprint density at radius 3 is 2.70 bits per heavy atom. The monoisotopic (exact) mass is 441 g/mol. The lowest BCUT2D eigenvalue weighted by atomic mass is 10.1. The number of rotatable bonds is 3. The molecule has 2 heterocycles. The number of benzene rings is 2. The Morgan fingerprint density at radius 1 is 1.19 bits per heavy atom. The summed E-state index contributed by atoms with van der Waals surface area (Å²) >= 11 is 4.74. The molecule has 5 nitrogen and oxygen atoms in total. The molecule has 0 unspecified atom stereocenters. The molecule has 1 aliphatic heterocycles. The van der Waals surface area contributed by atoms with Gasteiger partial charge in [-0.3, -0.25) is 14.9 Å². The van der Waals surface area contributed by atoms with Gasteiger partial charge in [-0.25, -0.2) is 4.98 Å². The molecule has 0 atom stereocenters. The number of carbonyl (C=O) groups excluding carboxylic acids is 2. The van der Waals surface area contributed by atoms with Crippen LogP contribution in [0.2, 0.25) is 0 Å². The zero-order valence-electron chi connectivity index (χ0n) is 14.5. The van der Waals surface area contributed by atoms with Crippen molar-refractivity contribution in [3.05, 3.63) is 63.4 Å². The zero-order chi connectivity index (χ0) is 19.0. The Hall–Kier alpha value is -2.51. The average molecular weight is 442 g/mol. The fraction of sp³-hybridized carbons (Fsp3) is 0.150. The number of fused-ring (bicyclic) bond motifs is 1. The van der Waals surface area contributed by atoms with Gasteiger partial charge in [0.1, 0.15) is 0 Å². The van der Waals surface area contributed by atoms with Crippen LogP contribution in [0.25, 0.3) is 11.3 Å². The van der Waals surface area contributed by atoms with Crippen LogP contribution in [0.15, 0.2) is 52.3 Å². The molecule has 2 aromatic carbocycles. The minimum atomic E-state index is -0.194. The maximum Gasteiger partial charge on any atom is 0.257 e. The van der Waals surface area contributed by atoms with Crippen molar-refractivity contribution in [2.75, 3.05) is 16.8 Å². The lowest BCUT2D eigenvalue weighted by Crippen LogP contribution is -2.25. The number of carbonyl (C=O) groups is 2. The molecule has 0 bridgehead atoms. The first-order chi connectivity index (χ1) is 13.0. The summed E-state index contributed by atoms with van der Waals surface area (Å²) in [5.41, 5.74) is 4.41. The van der Waals surface area contributed by atoms with Crippen LogP contribution in [0, 0.1) is 0 Å². The van der Waals surface area contributed by atoms with Gasteiger partial charge in [0, 0.05) is 40.1 Å². The van der Waals surface area contributed by atoms with E-state index in [0.717, 1.165) is 34.4 Å². The predicted molar refractivity (Wildman–Crippen MR) is 111 cm³/mol. The Balaban J connectivity index is 1.55. The molecule has 1 aliphatic rings. The van der Waals surface area contributed by atoms with Gasteiger partial charge in [-0.1, -0.05) is 28.1 Å². The minimum absolute atomic E-state index is 0.0478. The molecule has 27 heavy (non-hydrogen) atoms. The van der Waals surface area contributed by atoms with Crippen molar-refractivity contribution in [1.29, 1.82) is 0 Å². The molecule has 0 saturated heterocycles. The van der Waals surface area contributed by atoms with Gasteiger partial charge < -0.3 is 4.90 Å². The quantitative estimate of drug-likeness (QED) is 0.638. The van der Waals surface area contributed by atoms with Crippen LogP contribution in [-0.4, -0.2) is 23.3 Å². The number of thiazole rings is 1. The summed E-state index contributed by atoms with van der Waals surface area (Å²) in [5, 5.41) is 5.29. The fourth-order valence-corrected chi connectivity index (χ4v) is 4.08. The first-order valence-electron chi connectivity index (χ1n) is 8.45. The summed E-state index contributed by atoms with van der Waals surface area (Å²) in [7, 11) is 0. The van der Waals surface area contributed by atoms with E-state index in [4.69, 9.17) is 0 Å². The highest BCUT2D eigenvalue weighted by Crippen LogP contribution is 2.34. The van der Waals surface area contributed by atoms with Gasteiger partial charge in [0.05, 0.1) is 5.69 Å². The van der Waals surface area contributed by atoms with Gasteiger partial charge in [-0.15, -0.1) is 11.3 Å². The number of hydrogen-bond acceptors (Lipinski definition) is 4. The third-order valence-corrected chi connectivity index (χ3v) is 5.77. The number of anilines is 2. The third-order valence-electron chi connectivity index (χ3n) is 4.49. The molecule has 4 rings (SSSR count). The molecule has 7 heteroatoms.